The largest absolute Gasteiger partial charge is 0.469 e. The van der Waals surface area contributed by atoms with Gasteiger partial charge in [-0.15, -0.1) is 0 Å². The summed E-state index contributed by atoms with van der Waals surface area (Å²) < 4.78 is 4.66. The van der Waals surface area contributed by atoms with Crippen LogP contribution in [-0.2, 0) is 16.0 Å². The van der Waals surface area contributed by atoms with Crippen LogP contribution in [0.5, 0.6) is 0 Å². The normalized spacial score (nSPS) is 11.9. The topological polar surface area (TPSA) is 59.5 Å². The van der Waals surface area contributed by atoms with Gasteiger partial charge in [-0.3, -0.25) is 9.59 Å². The third-order valence-electron chi connectivity index (χ3n) is 3.10. The Hall–Kier alpha value is -1.62. The minimum Gasteiger partial charge on any atom is -0.469 e. The number of carbonyl (C=O) groups is 2. The van der Waals surface area contributed by atoms with Gasteiger partial charge in [0.05, 0.1) is 13.0 Å². The van der Waals surface area contributed by atoms with Crippen LogP contribution in [0.25, 0.3) is 0 Å². The van der Waals surface area contributed by atoms with Gasteiger partial charge in [-0.25, -0.2) is 4.98 Å². The number of pyridine rings is 1. The summed E-state index contributed by atoms with van der Waals surface area (Å²) in [4.78, 5) is 29.5. The Labute approximate surface area is 130 Å². The molecule has 5 nitrogen and oxygen atoms in total. The van der Waals surface area contributed by atoms with E-state index in [-0.39, 0.29) is 24.3 Å². The van der Waals surface area contributed by atoms with Gasteiger partial charge in [-0.1, -0.05) is 31.9 Å². The quantitative estimate of drug-likeness (QED) is 0.598. The molecule has 1 atom stereocenters. The summed E-state index contributed by atoms with van der Waals surface area (Å²) in [7, 11) is 2.98. The zero-order valence-corrected chi connectivity index (χ0v) is 13.6. The Morgan fingerprint density at radius 3 is 2.67 bits per heavy atom. The predicted molar refractivity (Wildman–Crippen MR) is 81.4 cm³/mol. The number of hydrogen-bond acceptors (Lipinski definition) is 4. The second-order valence-electron chi connectivity index (χ2n) is 5.03. The lowest BCUT2D eigenvalue weighted by Crippen LogP contribution is -2.34. The van der Waals surface area contributed by atoms with Gasteiger partial charge < -0.3 is 9.64 Å². The van der Waals surface area contributed by atoms with Crippen molar-refractivity contribution in [1.29, 1.82) is 0 Å². The van der Waals surface area contributed by atoms with Crippen LogP contribution < -0.4 is 0 Å². The molecule has 0 fully saturated rings. The van der Waals surface area contributed by atoms with Crippen molar-refractivity contribution < 1.29 is 14.3 Å². The van der Waals surface area contributed by atoms with Crippen LogP contribution in [0.2, 0.25) is 5.15 Å². The Balaban J connectivity index is 2.84. The highest BCUT2D eigenvalue weighted by atomic mass is 35.5. The average Bonchev–Trinajstić information content (AvgIpc) is 2.45. The first-order valence-electron chi connectivity index (χ1n) is 6.88. The number of esters is 1. The first kappa shape index (κ1) is 17.4. The monoisotopic (exact) mass is 312 g/mol. The molecule has 0 aliphatic rings. The zero-order valence-electron chi connectivity index (χ0n) is 12.9. The second kappa shape index (κ2) is 7.98. The van der Waals surface area contributed by atoms with Gasteiger partial charge in [0.15, 0.2) is 0 Å². The molecule has 1 aromatic heterocycles. The van der Waals surface area contributed by atoms with Crippen LogP contribution in [0.4, 0.5) is 0 Å². The summed E-state index contributed by atoms with van der Waals surface area (Å²) in [5.41, 5.74) is 1.28. The number of amides is 1. The summed E-state index contributed by atoms with van der Waals surface area (Å²) in [5, 5.41) is 0.304. The van der Waals surface area contributed by atoms with Gasteiger partial charge >= 0.3 is 5.97 Å². The Morgan fingerprint density at radius 1 is 1.43 bits per heavy atom. The molecule has 0 radical (unpaired) electrons. The van der Waals surface area contributed by atoms with E-state index >= 15 is 0 Å². The molecule has 0 aromatic carbocycles. The molecule has 6 heteroatoms. The molecule has 116 valence electrons. The van der Waals surface area contributed by atoms with Gasteiger partial charge in [0.2, 0.25) is 0 Å². The molecule has 1 rings (SSSR count). The maximum Gasteiger partial charge on any atom is 0.310 e. The van der Waals surface area contributed by atoms with Gasteiger partial charge in [-0.2, -0.15) is 0 Å². The third-order valence-corrected chi connectivity index (χ3v) is 3.29. The van der Waals surface area contributed by atoms with Crippen LogP contribution in [-0.4, -0.2) is 42.5 Å². The number of methoxy groups -OCH3 is 1. The number of aromatic nitrogens is 1. The van der Waals surface area contributed by atoms with Crippen molar-refractivity contribution in [3.8, 4) is 0 Å². The lowest BCUT2D eigenvalue weighted by atomic mass is 10.1. The highest BCUT2D eigenvalue weighted by Gasteiger charge is 2.20. The smallest absolute Gasteiger partial charge is 0.310 e. The highest BCUT2D eigenvalue weighted by Crippen LogP contribution is 2.15. The lowest BCUT2D eigenvalue weighted by Gasteiger charge is -2.20. The molecule has 21 heavy (non-hydrogen) atoms. The Bertz CT molecular complexity index is 520. The molecule has 0 bridgehead atoms. The predicted octanol–water partition coefficient (Wildman–Crippen LogP) is 2.57. The van der Waals surface area contributed by atoms with Crippen molar-refractivity contribution in [3.05, 3.63) is 28.5 Å². The third kappa shape index (κ3) is 5.01. The first-order chi connectivity index (χ1) is 9.88. The lowest BCUT2D eigenvalue weighted by molar-refractivity contribution is -0.145. The molecule has 0 spiro atoms. The first-order valence-corrected chi connectivity index (χ1v) is 7.26. The van der Waals surface area contributed by atoms with Crippen molar-refractivity contribution in [2.75, 3.05) is 20.7 Å². The van der Waals surface area contributed by atoms with Crippen LogP contribution in [0.1, 0.15) is 36.3 Å². The average molecular weight is 313 g/mol. The van der Waals surface area contributed by atoms with Crippen LogP contribution in [0, 0.1) is 5.92 Å². The minimum absolute atomic E-state index is 0.188. The maximum absolute atomic E-state index is 12.4. The summed E-state index contributed by atoms with van der Waals surface area (Å²) in [6.07, 6.45) is 1.69. The molecule has 1 aromatic rings. The highest BCUT2D eigenvalue weighted by molar-refractivity contribution is 6.29. The van der Waals surface area contributed by atoms with E-state index in [2.05, 4.69) is 9.72 Å². The molecule has 1 amide bonds. The van der Waals surface area contributed by atoms with E-state index in [1.54, 1.807) is 26.1 Å². The van der Waals surface area contributed by atoms with E-state index in [1.807, 2.05) is 6.92 Å². The zero-order chi connectivity index (χ0) is 16.0. The van der Waals surface area contributed by atoms with Crippen LogP contribution >= 0.6 is 11.6 Å². The number of nitrogens with zero attached hydrogens (tertiary/aromatic N) is 2. The van der Waals surface area contributed by atoms with Crippen molar-refractivity contribution in [2.45, 2.75) is 26.7 Å². The molecule has 0 saturated heterocycles. The number of ether oxygens (including phenoxy) is 1. The maximum atomic E-state index is 12.4. The van der Waals surface area contributed by atoms with Crippen molar-refractivity contribution in [1.82, 2.24) is 9.88 Å². The van der Waals surface area contributed by atoms with Crippen molar-refractivity contribution >= 4 is 23.5 Å². The Morgan fingerprint density at radius 2 is 2.10 bits per heavy atom. The fourth-order valence-corrected chi connectivity index (χ4v) is 2.27. The molecule has 0 N–H and O–H groups in total. The SMILES string of the molecule is CCCc1cc(C(=O)N(C)CC(C)C(=O)OC)cc(Cl)n1. The summed E-state index contributed by atoms with van der Waals surface area (Å²) >= 11 is 5.96. The summed E-state index contributed by atoms with van der Waals surface area (Å²) in [6.45, 7) is 4.04. The van der Waals surface area contributed by atoms with Crippen molar-refractivity contribution in [2.24, 2.45) is 5.92 Å². The van der Waals surface area contributed by atoms with E-state index in [0.29, 0.717) is 10.7 Å². The van der Waals surface area contributed by atoms with E-state index in [9.17, 15) is 9.59 Å². The molecule has 1 unspecified atom stereocenters. The molecule has 0 aliphatic heterocycles. The number of halogens is 1. The van der Waals surface area contributed by atoms with Gasteiger partial charge in [0.1, 0.15) is 5.15 Å². The molecule has 1 heterocycles. The summed E-state index contributed by atoms with van der Waals surface area (Å²) in [5.74, 6) is -0.905. The van der Waals surface area contributed by atoms with E-state index in [0.717, 1.165) is 18.5 Å². The number of hydrogen-bond donors (Lipinski definition) is 0. The van der Waals surface area contributed by atoms with Crippen molar-refractivity contribution in [3.63, 3.8) is 0 Å². The van der Waals surface area contributed by atoms with E-state index in [1.165, 1.54) is 12.0 Å². The standard InChI is InChI=1S/C15H21ClN2O3/c1-5-6-12-7-11(8-13(16)17-12)14(19)18(3)9-10(2)15(20)21-4/h7-8,10H,5-6,9H2,1-4H3. The van der Waals surface area contributed by atoms with Gasteiger partial charge in [-0.05, 0) is 18.6 Å². The van der Waals surface area contributed by atoms with Gasteiger partial charge in [0.25, 0.3) is 5.91 Å². The second-order valence-corrected chi connectivity index (χ2v) is 5.42. The van der Waals surface area contributed by atoms with Crippen LogP contribution in [0.15, 0.2) is 12.1 Å². The molecular weight excluding hydrogens is 292 g/mol. The Kier molecular flexibility index (Phi) is 6.62. The van der Waals surface area contributed by atoms with E-state index in [4.69, 9.17) is 11.6 Å². The number of carbonyl (C=O) groups excluding carboxylic acids is 2. The van der Waals surface area contributed by atoms with E-state index < -0.39 is 0 Å². The molecule has 0 saturated carbocycles. The molecular formula is C15H21ClN2O3. The summed E-state index contributed by atoms with van der Waals surface area (Å²) in [6, 6.07) is 3.29. The van der Waals surface area contributed by atoms with Gasteiger partial charge in [0, 0.05) is 24.8 Å². The fraction of sp³-hybridized carbons (Fsp3) is 0.533. The fourth-order valence-electron chi connectivity index (χ4n) is 2.05. The van der Waals surface area contributed by atoms with Crippen LogP contribution in [0.3, 0.4) is 0 Å². The molecule has 0 aliphatic carbocycles. The number of aryl methyl sites for hydroxylation is 1. The minimum atomic E-state index is -0.378. The number of rotatable bonds is 6.